The number of H-pyrrole nitrogens is 1. The van der Waals surface area contributed by atoms with Gasteiger partial charge in [0.25, 0.3) is 11.8 Å². The molecule has 12 heteroatoms. The monoisotopic (exact) mass is 633 g/mol. The first-order valence-electron chi connectivity index (χ1n) is 15.0. The Kier molecular flexibility index (Phi) is 11.2. The molecule has 1 aliphatic heterocycles. The van der Waals surface area contributed by atoms with Crippen LogP contribution in [-0.2, 0) is 25.6 Å². The molecule has 0 fully saturated rings. The first-order chi connectivity index (χ1) is 21.5. The number of carbonyl (C=O) groups is 6. The van der Waals surface area contributed by atoms with Gasteiger partial charge in [-0.05, 0) is 48.9 Å². The Morgan fingerprint density at radius 2 is 1.49 bits per heavy atom. The van der Waals surface area contributed by atoms with Gasteiger partial charge in [-0.25, -0.2) is 0 Å². The smallest absolute Gasteiger partial charge is 0.261 e. The first-order valence-corrected chi connectivity index (χ1v) is 15.9. The second-order valence-corrected chi connectivity index (χ2v) is 12.9. The largest absolute Gasteiger partial charge is 0.361 e. The van der Waals surface area contributed by atoms with Gasteiger partial charge in [-0.15, -0.1) is 0 Å². The Morgan fingerprint density at radius 3 is 2.11 bits per heavy atom. The number of hydrogen-bond acceptors (Lipinski definition) is 7. The molecule has 238 valence electrons. The summed E-state index contributed by atoms with van der Waals surface area (Å²) >= 11 is 0.839. The van der Waals surface area contributed by atoms with Crippen molar-refractivity contribution in [1.82, 2.24) is 25.8 Å². The van der Waals surface area contributed by atoms with E-state index in [4.69, 9.17) is 0 Å². The van der Waals surface area contributed by atoms with Crippen molar-refractivity contribution in [3.63, 3.8) is 0 Å². The lowest BCUT2D eigenvalue weighted by Crippen LogP contribution is -2.55. The second-order valence-electron chi connectivity index (χ2n) is 11.5. The van der Waals surface area contributed by atoms with Gasteiger partial charge in [-0.2, -0.15) is 0 Å². The van der Waals surface area contributed by atoms with Gasteiger partial charge in [0.15, 0.2) is 5.12 Å². The van der Waals surface area contributed by atoms with E-state index in [1.54, 1.807) is 24.3 Å². The highest BCUT2D eigenvalue weighted by Crippen LogP contribution is 2.25. The molecule has 1 aliphatic rings. The molecule has 5 amide bonds. The number of amides is 5. The summed E-state index contributed by atoms with van der Waals surface area (Å²) in [7, 11) is 1.50. The van der Waals surface area contributed by atoms with Crippen LogP contribution in [0.5, 0.6) is 0 Å². The van der Waals surface area contributed by atoms with Crippen LogP contribution >= 0.6 is 11.8 Å². The number of imide groups is 1. The van der Waals surface area contributed by atoms with E-state index < -0.39 is 29.1 Å². The topological polar surface area (TPSA) is 158 Å². The Balaban J connectivity index is 1.43. The van der Waals surface area contributed by atoms with Crippen LogP contribution in [0.2, 0.25) is 0 Å². The molecule has 4 rings (SSSR count). The number of carbonyl (C=O) groups excluding carboxylic acids is 6. The molecule has 1 aromatic heterocycles. The Bertz CT molecular complexity index is 1570. The average molecular weight is 634 g/mol. The third kappa shape index (κ3) is 8.18. The molecule has 2 aromatic carbocycles. The number of benzene rings is 2. The fourth-order valence-corrected chi connectivity index (χ4v) is 6.32. The number of nitrogens with zero attached hydrogens (tertiary/aromatic N) is 1. The zero-order valence-electron chi connectivity index (χ0n) is 25.8. The molecule has 45 heavy (non-hydrogen) atoms. The summed E-state index contributed by atoms with van der Waals surface area (Å²) in [5, 5.41) is 8.05. The zero-order valence-corrected chi connectivity index (χ0v) is 26.7. The van der Waals surface area contributed by atoms with E-state index >= 15 is 0 Å². The van der Waals surface area contributed by atoms with Crippen molar-refractivity contribution in [2.75, 3.05) is 13.6 Å². The van der Waals surface area contributed by atoms with E-state index in [1.807, 2.05) is 44.3 Å². The number of likely N-dealkylation sites (N-methyl/N-ethyl adjacent to an activating group) is 1. The van der Waals surface area contributed by atoms with Crippen molar-refractivity contribution in [1.29, 1.82) is 0 Å². The predicted molar refractivity (Wildman–Crippen MR) is 172 cm³/mol. The Labute approximate surface area is 266 Å². The van der Waals surface area contributed by atoms with E-state index in [0.717, 1.165) is 33.1 Å². The molecule has 0 saturated heterocycles. The van der Waals surface area contributed by atoms with Gasteiger partial charge < -0.3 is 20.9 Å². The maximum atomic E-state index is 13.6. The van der Waals surface area contributed by atoms with Crippen molar-refractivity contribution in [3.8, 4) is 0 Å². The number of rotatable bonds is 14. The third-order valence-electron chi connectivity index (χ3n) is 7.65. The van der Waals surface area contributed by atoms with Gasteiger partial charge in [0.1, 0.15) is 12.1 Å². The molecule has 0 saturated carbocycles. The van der Waals surface area contributed by atoms with E-state index in [-0.39, 0.29) is 54.6 Å². The molecule has 0 unspecified atom stereocenters. The number of thioether (sulfide) groups is 1. The fourth-order valence-electron chi connectivity index (χ4n) is 5.46. The molecule has 3 aromatic rings. The summed E-state index contributed by atoms with van der Waals surface area (Å²) in [5.74, 6) is -2.14. The first kappa shape index (κ1) is 33.4. The van der Waals surface area contributed by atoms with Crippen molar-refractivity contribution >= 4 is 57.3 Å². The van der Waals surface area contributed by atoms with E-state index in [2.05, 4.69) is 20.9 Å². The lowest BCUT2D eigenvalue weighted by molar-refractivity contribution is -0.132. The van der Waals surface area contributed by atoms with Gasteiger partial charge in [0, 0.05) is 44.0 Å². The summed E-state index contributed by atoms with van der Waals surface area (Å²) in [6, 6.07) is 12.4. The maximum absolute atomic E-state index is 13.6. The number of para-hydroxylation sites is 1. The highest BCUT2D eigenvalue weighted by atomic mass is 32.2. The minimum atomic E-state index is -0.959. The van der Waals surface area contributed by atoms with Crippen LogP contribution in [0.15, 0.2) is 54.7 Å². The number of aromatic amines is 1. The molecular weight excluding hydrogens is 594 g/mol. The number of fused-ring (bicyclic) bond motifs is 2. The van der Waals surface area contributed by atoms with Crippen LogP contribution in [0.3, 0.4) is 0 Å². The number of hydrogen-bond donors (Lipinski definition) is 4. The van der Waals surface area contributed by atoms with Crippen LogP contribution in [0, 0.1) is 5.92 Å². The zero-order chi connectivity index (χ0) is 32.7. The van der Waals surface area contributed by atoms with Crippen LogP contribution in [0.1, 0.15) is 66.3 Å². The lowest BCUT2D eigenvalue weighted by atomic mass is 10.0. The van der Waals surface area contributed by atoms with Crippen molar-refractivity contribution in [3.05, 3.63) is 71.4 Å². The minimum Gasteiger partial charge on any atom is -0.361 e. The summed E-state index contributed by atoms with van der Waals surface area (Å²) in [6.45, 7) is 5.27. The predicted octanol–water partition coefficient (Wildman–Crippen LogP) is 3.20. The molecule has 3 atom stereocenters. The van der Waals surface area contributed by atoms with Gasteiger partial charge in [-0.1, -0.05) is 55.9 Å². The summed E-state index contributed by atoms with van der Waals surface area (Å²) < 4.78 is 0. The number of aromatic nitrogens is 1. The molecule has 0 spiro atoms. The number of nitrogens with one attached hydrogen (secondary N) is 4. The van der Waals surface area contributed by atoms with Gasteiger partial charge >= 0.3 is 0 Å². The molecule has 0 radical (unpaired) electrons. The Morgan fingerprint density at radius 1 is 0.867 bits per heavy atom. The van der Waals surface area contributed by atoms with Crippen molar-refractivity contribution < 1.29 is 28.8 Å². The van der Waals surface area contributed by atoms with Crippen LogP contribution < -0.4 is 16.0 Å². The molecule has 2 heterocycles. The van der Waals surface area contributed by atoms with Crippen molar-refractivity contribution in [2.24, 2.45) is 5.92 Å². The average Bonchev–Trinajstić information content (AvgIpc) is 3.53. The molecule has 4 N–H and O–H groups in total. The van der Waals surface area contributed by atoms with Crippen molar-refractivity contribution in [2.45, 2.75) is 63.8 Å². The van der Waals surface area contributed by atoms with Gasteiger partial charge in [0.2, 0.25) is 17.7 Å². The van der Waals surface area contributed by atoms with Gasteiger partial charge in [-0.3, -0.25) is 33.7 Å². The fraction of sp³-hybridized carbons (Fsp3) is 0.394. The molecular formula is C33H39N5O6S. The van der Waals surface area contributed by atoms with Crippen LogP contribution in [-0.4, -0.2) is 75.5 Å². The summed E-state index contributed by atoms with van der Waals surface area (Å²) in [4.78, 5) is 81.8. The highest BCUT2D eigenvalue weighted by Gasteiger charge is 2.35. The van der Waals surface area contributed by atoms with E-state index in [1.165, 1.54) is 14.0 Å². The molecule has 0 aliphatic carbocycles. The van der Waals surface area contributed by atoms with Gasteiger partial charge in [0.05, 0.1) is 16.4 Å². The van der Waals surface area contributed by atoms with Crippen LogP contribution in [0.25, 0.3) is 10.9 Å². The Hall–Kier alpha value is -4.45. The lowest BCUT2D eigenvalue weighted by Gasteiger charge is -2.25. The van der Waals surface area contributed by atoms with Crippen LogP contribution in [0.4, 0.5) is 0 Å². The summed E-state index contributed by atoms with van der Waals surface area (Å²) in [5.41, 5.74) is 2.46. The highest BCUT2D eigenvalue weighted by molar-refractivity contribution is 8.14. The third-order valence-corrected chi connectivity index (χ3v) is 8.71. The quantitative estimate of drug-likeness (QED) is 0.199. The normalized spacial score (nSPS) is 14.6. The molecule has 11 nitrogen and oxygen atoms in total. The van der Waals surface area contributed by atoms with E-state index in [9.17, 15) is 28.8 Å². The molecule has 0 bridgehead atoms. The minimum absolute atomic E-state index is 0.0286. The SMILES string of the molecule is CNC(=O)[C@H](Cc1c[nH]c2ccccc12)NC(=O)[C@H](CC(C)C)NC(=O)[C@@H](CCCN1C(=O)c2ccccc2C1=O)SC(C)=O. The van der Waals surface area contributed by atoms with E-state index in [0.29, 0.717) is 17.5 Å². The standard InChI is InChI=1S/C33H39N5O6S/c1-19(2)16-26(30(41)36-27(29(40)34-4)17-21-18-35-25-13-8-7-10-22(21)25)37-31(42)28(45-20(3)39)14-9-15-38-32(43)23-11-5-6-12-24(23)33(38)44/h5-8,10-13,18-19,26-28,35H,9,14-17H2,1-4H3,(H,34,40)(H,36,41)(H,37,42)/t26-,27-,28+/m0/s1. The second kappa shape index (κ2) is 15.0. The maximum Gasteiger partial charge on any atom is 0.261 e. The summed E-state index contributed by atoms with van der Waals surface area (Å²) in [6.07, 6.45) is 2.83.